The van der Waals surface area contributed by atoms with Crippen LogP contribution in [-0.2, 0) is 0 Å². The van der Waals surface area contributed by atoms with Gasteiger partial charge in [-0.05, 0) is 61.4 Å². The third-order valence-electron chi connectivity index (χ3n) is 6.10. The predicted octanol–water partition coefficient (Wildman–Crippen LogP) is 6.50. The molecule has 0 fully saturated rings. The molecule has 1 aliphatic rings. The maximum Gasteiger partial charge on any atom is 0.326 e. The third-order valence-corrected chi connectivity index (χ3v) is 6.10. The van der Waals surface area contributed by atoms with E-state index in [0.29, 0.717) is 12.2 Å². The molecule has 6 heteroatoms. The standard InChI is InChI=1S/C28H25N3O3/c1-20-19-25(23-15-8-9-16-24(23)30(20)27(32)26-17-10-18-34-26)31(22-13-6-3-7-14-22)28(33)29-21-11-4-2-5-12-21/h2-18,20,25H,19H2,1H3,(H,29,33)/t20-,25-/m0/s1. The zero-order chi connectivity index (χ0) is 23.5. The lowest BCUT2D eigenvalue weighted by Gasteiger charge is -2.43. The molecule has 5 rings (SSSR count). The molecule has 0 saturated heterocycles. The fourth-order valence-corrected chi connectivity index (χ4v) is 4.59. The van der Waals surface area contributed by atoms with Gasteiger partial charge >= 0.3 is 6.03 Å². The normalized spacial score (nSPS) is 17.0. The summed E-state index contributed by atoms with van der Waals surface area (Å²) < 4.78 is 5.39. The average molecular weight is 452 g/mol. The van der Waals surface area contributed by atoms with Gasteiger partial charge in [0.2, 0.25) is 0 Å². The molecule has 0 spiro atoms. The van der Waals surface area contributed by atoms with Crippen LogP contribution in [0.25, 0.3) is 0 Å². The van der Waals surface area contributed by atoms with E-state index in [2.05, 4.69) is 5.32 Å². The number of amides is 3. The van der Waals surface area contributed by atoms with Crippen molar-refractivity contribution in [3.63, 3.8) is 0 Å². The first-order chi connectivity index (χ1) is 16.6. The smallest absolute Gasteiger partial charge is 0.326 e. The summed E-state index contributed by atoms with van der Waals surface area (Å²) in [6.07, 6.45) is 2.07. The molecular formula is C28H25N3O3. The second-order valence-electron chi connectivity index (χ2n) is 8.31. The van der Waals surface area contributed by atoms with E-state index in [1.807, 2.05) is 91.9 Å². The summed E-state index contributed by atoms with van der Waals surface area (Å²) in [6, 6.07) is 29.5. The van der Waals surface area contributed by atoms with Crippen LogP contribution < -0.4 is 15.1 Å². The van der Waals surface area contributed by atoms with E-state index < -0.39 is 0 Å². The van der Waals surface area contributed by atoms with Gasteiger partial charge in [0.1, 0.15) is 0 Å². The second-order valence-corrected chi connectivity index (χ2v) is 8.31. The van der Waals surface area contributed by atoms with E-state index in [1.165, 1.54) is 6.26 Å². The molecule has 2 heterocycles. The van der Waals surface area contributed by atoms with Crippen molar-refractivity contribution >= 4 is 29.0 Å². The Kier molecular flexibility index (Phi) is 5.87. The first-order valence-corrected chi connectivity index (χ1v) is 11.3. The fourth-order valence-electron chi connectivity index (χ4n) is 4.59. The summed E-state index contributed by atoms with van der Waals surface area (Å²) in [6.45, 7) is 2.00. The average Bonchev–Trinajstić information content (AvgIpc) is 3.40. The summed E-state index contributed by atoms with van der Waals surface area (Å²) in [5.41, 5.74) is 3.20. The van der Waals surface area contributed by atoms with Crippen LogP contribution in [0.1, 0.15) is 35.5 Å². The number of nitrogens with one attached hydrogen (secondary N) is 1. The van der Waals surface area contributed by atoms with Crippen LogP contribution in [0.4, 0.5) is 21.9 Å². The number of carbonyl (C=O) groups excluding carboxylic acids is 2. The molecule has 3 amide bonds. The molecule has 3 aromatic carbocycles. The number of hydrogen-bond acceptors (Lipinski definition) is 3. The Labute approximate surface area is 198 Å². The van der Waals surface area contributed by atoms with Gasteiger partial charge in [0, 0.05) is 23.1 Å². The van der Waals surface area contributed by atoms with Crippen molar-refractivity contribution in [2.75, 3.05) is 15.1 Å². The number of benzene rings is 3. The first kappa shape index (κ1) is 21.5. The zero-order valence-corrected chi connectivity index (χ0v) is 18.8. The Morgan fingerprint density at radius 2 is 1.56 bits per heavy atom. The Balaban J connectivity index is 1.56. The molecule has 34 heavy (non-hydrogen) atoms. The number of anilines is 3. The highest BCUT2D eigenvalue weighted by atomic mass is 16.3. The Hall–Kier alpha value is -4.32. The van der Waals surface area contributed by atoms with Crippen molar-refractivity contribution in [3.8, 4) is 0 Å². The third kappa shape index (κ3) is 4.06. The molecule has 0 aliphatic carbocycles. The van der Waals surface area contributed by atoms with Gasteiger partial charge in [-0.3, -0.25) is 9.69 Å². The van der Waals surface area contributed by atoms with Gasteiger partial charge in [-0.2, -0.15) is 0 Å². The quantitative estimate of drug-likeness (QED) is 0.385. The van der Waals surface area contributed by atoms with Gasteiger partial charge in [-0.15, -0.1) is 0 Å². The summed E-state index contributed by atoms with van der Waals surface area (Å²) in [5, 5.41) is 3.03. The van der Waals surface area contributed by atoms with Crippen molar-refractivity contribution in [1.82, 2.24) is 0 Å². The van der Waals surface area contributed by atoms with Gasteiger partial charge in [-0.25, -0.2) is 4.79 Å². The highest BCUT2D eigenvalue weighted by Crippen LogP contribution is 2.42. The molecule has 0 unspecified atom stereocenters. The molecule has 0 bridgehead atoms. The maximum absolute atomic E-state index is 13.7. The van der Waals surface area contributed by atoms with Crippen molar-refractivity contribution in [2.45, 2.75) is 25.4 Å². The molecule has 4 aromatic rings. The largest absolute Gasteiger partial charge is 0.459 e. The van der Waals surface area contributed by atoms with Gasteiger partial charge in [0.25, 0.3) is 5.91 Å². The highest BCUT2D eigenvalue weighted by molar-refractivity contribution is 6.06. The summed E-state index contributed by atoms with van der Waals surface area (Å²) in [5.74, 6) is 0.102. The van der Waals surface area contributed by atoms with Crippen LogP contribution in [0.2, 0.25) is 0 Å². The summed E-state index contributed by atoms with van der Waals surface area (Å²) in [7, 11) is 0. The summed E-state index contributed by atoms with van der Waals surface area (Å²) in [4.78, 5) is 30.5. The number of carbonyl (C=O) groups is 2. The van der Waals surface area contributed by atoms with Gasteiger partial charge < -0.3 is 14.6 Å². The number of fused-ring (bicyclic) bond motifs is 1. The van der Waals surface area contributed by atoms with E-state index in [1.54, 1.807) is 21.9 Å². The summed E-state index contributed by atoms with van der Waals surface area (Å²) >= 11 is 0. The number of urea groups is 1. The SMILES string of the molecule is C[C@H]1C[C@H](N(C(=O)Nc2ccccc2)c2ccccc2)c2ccccc2N1C(=O)c1ccco1. The van der Waals surface area contributed by atoms with E-state index in [0.717, 1.165) is 22.6 Å². The van der Waals surface area contributed by atoms with Crippen molar-refractivity contribution in [2.24, 2.45) is 0 Å². The molecule has 6 nitrogen and oxygen atoms in total. The Morgan fingerprint density at radius 3 is 2.26 bits per heavy atom. The first-order valence-electron chi connectivity index (χ1n) is 11.3. The molecule has 170 valence electrons. The zero-order valence-electron chi connectivity index (χ0n) is 18.8. The minimum Gasteiger partial charge on any atom is -0.459 e. The van der Waals surface area contributed by atoms with Crippen LogP contribution in [-0.4, -0.2) is 18.0 Å². The predicted molar refractivity (Wildman–Crippen MR) is 133 cm³/mol. The molecule has 1 aromatic heterocycles. The van der Waals surface area contributed by atoms with Gasteiger partial charge in [-0.1, -0.05) is 54.6 Å². The maximum atomic E-state index is 13.7. The van der Waals surface area contributed by atoms with Gasteiger partial charge in [0.15, 0.2) is 5.76 Å². The van der Waals surface area contributed by atoms with E-state index in [4.69, 9.17) is 4.42 Å². The van der Waals surface area contributed by atoms with Crippen molar-refractivity contribution in [3.05, 3.63) is 115 Å². The number of rotatable bonds is 4. The van der Waals surface area contributed by atoms with Crippen molar-refractivity contribution in [1.29, 1.82) is 0 Å². The van der Waals surface area contributed by atoms with Crippen LogP contribution in [0.3, 0.4) is 0 Å². The number of furan rings is 1. The molecule has 2 atom stereocenters. The minimum absolute atomic E-state index is 0.159. The topological polar surface area (TPSA) is 65.8 Å². The number of nitrogens with zero attached hydrogens (tertiary/aromatic N) is 2. The second kappa shape index (κ2) is 9.27. The number of hydrogen-bond donors (Lipinski definition) is 1. The minimum atomic E-state index is -0.266. The number of para-hydroxylation sites is 3. The Bertz CT molecular complexity index is 1270. The Morgan fingerprint density at radius 1 is 0.882 bits per heavy atom. The van der Waals surface area contributed by atoms with E-state index in [-0.39, 0.29) is 24.0 Å². The van der Waals surface area contributed by atoms with Gasteiger partial charge in [0.05, 0.1) is 12.3 Å². The highest BCUT2D eigenvalue weighted by Gasteiger charge is 2.39. The van der Waals surface area contributed by atoms with Crippen LogP contribution in [0.5, 0.6) is 0 Å². The molecular weight excluding hydrogens is 426 g/mol. The lowest BCUT2D eigenvalue weighted by atomic mass is 9.90. The van der Waals surface area contributed by atoms with Crippen LogP contribution in [0, 0.1) is 0 Å². The van der Waals surface area contributed by atoms with E-state index in [9.17, 15) is 9.59 Å². The molecule has 1 N–H and O–H groups in total. The van der Waals surface area contributed by atoms with Crippen LogP contribution >= 0.6 is 0 Å². The fraction of sp³-hybridized carbons (Fsp3) is 0.143. The van der Waals surface area contributed by atoms with Crippen LogP contribution in [0.15, 0.2) is 108 Å². The van der Waals surface area contributed by atoms with E-state index >= 15 is 0 Å². The lowest BCUT2D eigenvalue weighted by molar-refractivity contribution is 0.0946. The van der Waals surface area contributed by atoms with Crippen molar-refractivity contribution < 1.29 is 14.0 Å². The lowest BCUT2D eigenvalue weighted by Crippen LogP contribution is -2.48. The molecule has 1 aliphatic heterocycles. The molecule has 0 saturated carbocycles. The molecule has 0 radical (unpaired) electrons. The monoisotopic (exact) mass is 451 g/mol.